The highest BCUT2D eigenvalue weighted by molar-refractivity contribution is 5.92. The lowest BCUT2D eigenvalue weighted by atomic mass is 9.99. The van der Waals surface area contributed by atoms with Crippen LogP contribution in [0.5, 0.6) is 5.75 Å². The van der Waals surface area contributed by atoms with Crippen molar-refractivity contribution in [1.29, 1.82) is 0 Å². The number of rotatable bonds is 7. The van der Waals surface area contributed by atoms with Gasteiger partial charge in [-0.3, -0.25) is 14.2 Å². The lowest BCUT2D eigenvalue weighted by molar-refractivity contribution is -0.130. The van der Waals surface area contributed by atoms with Crippen molar-refractivity contribution >= 4 is 27.8 Å². The fourth-order valence-corrected chi connectivity index (χ4v) is 4.98. The summed E-state index contributed by atoms with van der Waals surface area (Å²) in [6.07, 6.45) is 2.15. The number of likely N-dealkylation sites (tertiary alicyclic amines) is 1. The van der Waals surface area contributed by atoms with Crippen LogP contribution in [0, 0.1) is 6.92 Å². The van der Waals surface area contributed by atoms with Crippen molar-refractivity contribution < 1.29 is 9.90 Å². The molecule has 36 heavy (non-hydrogen) atoms. The standard InChI is InChI=1S/C27H30N6O3/c1-5-23(35)31-15-19(16-31)26-29-25-24(32(26)12-8-11-30(3)4)27(36)33(17(2)28-25)22-14-20(34)13-18-9-6-7-10-21(18)22/h5-7,9-10,13-14,19,34H,1,8,11-12,15-16H2,2-4H3. The average molecular weight is 487 g/mol. The first-order valence-electron chi connectivity index (χ1n) is 12.1. The van der Waals surface area contributed by atoms with Crippen LogP contribution in [0.25, 0.3) is 27.6 Å². The molecule has 0 spiro atoms. The van der Waals surface area contributed by atoms with Gasteiger partial charge in [-0.05, 0) is 51.5 Å². The van der Waals surface area contributed by atoms with Crippen LogP contribution in [0.3, 0.4) is 0 Å². The van der Waals surface area contributed by atoms with Gasteiger partial charge >= 0.3 is 0 Å². The fourth-order valence-electron chi connectivity index (χ4n) is 4.98. The lowest BCUT2D eigenvalue weighted by Gasteiger charge is -2.38. The normalized spacial score (nSPS) is 14.1. The number of aromatic hydroxyl groups is 1. The number of nitrogens with zero attached hydrogens (tertiary/aromatic N) is 6. The third kappa shape index (κ3) is 4.05. The van der Waals surface area contributed by atoms with Crippen LogP contribution in [-0.4, -0.2) is 73.6 Å². The summed E-state index contributed by atoms with van der Waals surface area (Å²) >= 11 is 0. The number of imidazole rings is 1. The van der Waals surface area contributed by atoms with Crippen LogP contribution in [0.1, 0.15) is 24.0 Å². The highest BCUT2D eigenvalue weighted by Crippen LogP contribution is 2.31. The Kier molecular flexibility index (Phi) is 6.09. The van der Waals surface area contributed by atoms with Gasteiger partial charge in [-0.1, -0.05) is 30.8 Å². The van der Waals surface area contributed by atoms with Crippen molar-refractivity contribution in [3.05, 3.63) is 71.1 Å². The monoisotopic (exact) mass is 486 g/mol. The van der Waals surface area contributed by atoms with Gasteiger partial charge in [0.05, 0.1) is 11.6 Å². The van der Waals surface area contributed by atoms with E-state index in [2.05, 4.69) is 11.5 Å². The van der Waals surface area contributed by atoms with Gasteiger partial charge in [-0.15, -0.1) is 0 Å². The van der Waals surface area contributed by atoms with Crippen LogP contribution in [0.15, 0.2) is 53.8 Å². The van der Waals surface area contributed by atoms with Crippen LogP contribution in [-0.2, 0) is 11.3 Å². The van der Waals surface area contributed by atoms with Gasteiger partial charge in [-0.2, -0.15) is 0 Å². The third-order valence-electron chi connectivity index (χ3n) is 6.76. The Hall–Kier alpha value is -3.98. The fraction of sp³-hybridized carbons (Fsp3) is 0.333. The smallest absolute Gasteiger partial charge is 0.284 e. The molecule has 1 fully saturated rings. The SMILES string of the molecule is C=CC(=O)N1CC(c2nc3nc(C)n(-c4cc(O)cc5ccccc45)c(=O)c3n2CCCN(C)C)C1. The van der Waals surface area contributed by atoms with E-state index in [9.17, 15) is 14.7 Å². The molecule has 1 aliphatic rings. The molecule has 2 aromatic heterocycles. The van der Waals surface area contributed by atoms with E-state index in [-0.39, 0.29) is 23.1 Å². The number of aryl methyl sites for hydroxylation is 2. The quantitative estimate of drug-likeness (QED) is 0.404. The summed E-state index contributed by atoms with van der Waals surface area (Å²) in [4.78, 5) is 39.4. The molecule has 1 saturated heterocycles. The Morgan fingerprint density at radius 2 is 1.97 bits per heavy atom. The highest BCUT2D eigenvalue weighted by atomic mass is 16.3. The molecule has 0 atom stereocenters. The molecule has 3 heterocycles. The summed E-state index contributed by atoms with van der Waals surface area (Å²) in [5.41, 5.74) is 1.20. The zero-order valence-corrected chi connectivity index (χ0v) is 20.8. The van der Waals surface area contributed by atoms with Gasteiger partial charge in [0.1, 0.15) is 17.4 Å². The Morgan fingerprint density at radius 3 is 2.69 bits per heavy atom. The van der Waals surface area contributed by atoms with E-state index in [4.69, 9.17) is 9.97 Å². The number of carbonyl (C=O) groups excluding carboxylic acids is 1. The van der Waals surface area contributed by atoms with Gasteiger partial charge in [0, 0.05) is 31.1 Å². The summed E-state index contributed by atoms with van der Waals surface area (Å²) in [7, 11) is 4.03. The van der Waals surface area contributed by atoms with E-state index in [1.165, 1.54) is 6.08 Å². The predicted molar refractivity (Wildman–Crippen MR) is 140 cm³/mol. The number of amides is 1. The van der Waals surface area contributed by atoms with Crippen molar-refractivity contribution in [2.75, 3.05) is 33.7 Å². The summed E-state index contributed by atoms with van der Waals surface area (Å²) in [6.45, 7) is 7.88. The molecule has 0 saturated carbocycles. The summed E-state index contributed by atoms with van der Waals surface area (Å²) < 4.78 is 3.54. The second-order valence-electron chi connectivity index (χ2n) is 9.58. The van der Waals surface area contributed by atoms with E-state index in [0.29, 0.717) is 42.3 Å². The minimum absolute atomic E-state index is 0.0252. The number of phenolic OH excluding ortho intramolecular Hbond substituents is 1. The predicted octanol–water partition coefficient (Wildman–Crippen LogP) is 2.81. The molecule has 1 aliphatic heterocycles. The van der Waals surface area contributed by atoms with Crippen molar-refractivity contribution in [2.45, 2.75) is 25.8 Å². The highest BCUT2D eigenvalue weighted by Gasteiger charge is 2.35. The Bertz CT molecular complexity index is 1540. The van der Waals surface area contributed by atoms with E-state index >= 15 is 0 Å². The molecular weight excluding hydrogens is 456 g/mol. The molecule has 0 aliphatic carbocycles. The van der Waals surface area contributed by atoms with E-state index in [1.54, 1.807) is 28.5 Å². The Morgan fingerprint density at radius 1 is 1.22 bits per heavy atom. The van der Waals surface area contributed by atoms with Crippen molar-refractivity contribution in [3.8, 4) is 11.4 Å². The Labute approximate surface area is 208 Å². The van der Waals surface area contributed by atoms with Crippen LogP contribution in [0.4, 0.5) is 0 Å². The molecular formula is C27H30N6O3. The molecule has 1 N–H and O–H groups in total. The molecule has 2 aromatic carbocycles. The summed E-state index contributed by atoms with van der Waals surface area (Å²) in [6, 6.07) is 10.9. The second-order valence-corrected chi connectivity index (χ2v) is 9.58. The van der Waals surface area contributed by atoms with Crippen molar-refractivity contribution in [2.24, 2.45) is 0 Å². The van der Waals surface area contributed by atoms with Crippen molar-refractivity contribution in [1.82, 2.24) is 28.9 Å². The van der Waals surface area contributed by atoms with Gasteiger partial charge < -0.3 is 19.5 Å². The lowest BCUT2D eigenvalue weighted by Crippen LogP contribution is -2.48. The van der Waals surface area contributed by atoms with Gasteiger partial charge in [0.2, 0.25) is 5.91 Å². The molecule has 1 amide bonds. The second kappa shape index (κ2) is 9.23. The number of carbonyl (C=O) groups is 1. The maximum absolute atomic E-state index is 14.1. The first-order chi connectivity index (χ1) is 17.3. The van der Waals surface area contributed by atoms with E-state index < -0.39 is 0 Å². The number of phenols is 1. The van der Waals surface area contributed by atoms with E-state index in [0.717, 1.165) is 29.6 Å². The summed E-state index contributed by atoms with van der Waals surface area (Å²) in [5, 5.41) is 12.1. The average Bonchev–Trinajstić information content (AvgIpc) is 3.15. The molecule has 4 aromatic rings. The minimum Gasteiger partial charge on any atom is -0.508 e. The largest absolute Gasteiger partial charge is 0.508 e. The number of aromatic nitrogens is 4. The number of benzene rings is 2. The van der Waals surface area contributed by atoms with Gasteiger partial charge in [-0.25, -0.2) is 9.97 Å². The van der Waals surface area contributed by atoms with Gasteiger partial charge in [0.25, 0.3) is 5.56 Å². The molecule has 0 bridgehead atoms. The molecule has 9 heteroatoms. The topological polar surface area (TPSA) is 96.5 Å². The van der Waals surface area contributed by atoms with Crippen LogP contribution in [0.2, 0.25) is 0 Å². The maximum Gasteiger partial charge on any atom is 0.284 e. The molecule has 9 nitrogen and oxygen atoms in total. The molecule has 186 valence electrons. The number of fused-ring (bicyclic) bond motifs is 2. The van der Waals surface area contributed by atoms with E-state index in [1.807, 2.05) is 42.9 Å². The zero-order valence-electron chi connectivity index (χ0n) is 20.8. The molecule has 0 unspecified atom stereocenters. The third-order valence-corrected chi connectivity index (χ3v) is 6.76. The maximum atomic E-state index is 14.1. The molecule has 5 rings (SSSR count). The Balaban J connectivity index is 1.68. The first kappa shape index (κ1) is 23.7. The first-order valence-corrected chi connectivity index (χ1v) is 12.1. The number of hydrogen-bond acceptors (Lipinski definition) is 6. The minimum atomic E-state index is -0.227. The van der Waals surface area contributed by atoms with Crippen molar-refractivity contribution in [3.63, 3.8) is 0 Å². The zero-order chi connectivity index (χ0) is 25.6. The summed E-state index contributed by atoms with van der Waals surface area (Å²) in [5.74, 6) is 1.27. The number of hydrogen-bond donors (Lipinski definition) is 1. The van der Waals surface area contributed by atoms with Crippen LogP contribution >= 0.6 is 0 Å². The van der Waals surface area contributed by atoms with Crippen LogP contribution < -0.4 is 5.56 Å². The molecule has 0 radical (unpaired) electrons. The van der Waals surface area contributed by atoms with Gasteiger partial charge in [0.15, 0.2) is 11.2 Å².